The van der Waals surface area contributed by atoms with Crippen LogP contribution in [0.4, 0.5) is 18.9 Å². The number of halogens is 4. The molecule has 3 aromatic rings. The van der Waals surface area contributed by atoms with Gasteiger partial charge in [0.25, 0.3) is 10.0 Å². The maximum Gasteiger partial charge on any atom is 0.416 e. The second kappa shape index (κ2) is 12.9. The summed E-state index contributed by atoms with van der Waals surface area (Å²) in [5, 5.41) is 2.65. The summed E-state index contributed by atoms with van der Waals surface area (Å²) in [4.78, 5) is 27.5. The van der Waals surface area contributed by atoms with Gasteiger partial charge in [0.05, 0.1) is 16.1 Å². The van der Waals surface area contributed by atoms with Gasteiger partial charge in [-0.1, -0.05) is 51.8 Å². The first-order valence-corrected chi connectivity index (χ1v) is 14.6. The molecule has 3 aromatic carbocycles. The summed E-state index contributed by atoms with van der Waals surface area (Å²) >= 11 is 3.34. The van der Waals surface area contributed by atoms with Gasteiger partial charge in [0.1, 0.15) is 12.6 Å². The molecule has 0 aliphatic carbocycles. The number of rotatable bonds is 10. The van der Waals surface area contributed by atoms with Crippen LogP contribution in [0.15, 0.2) is 82.2 Å². The molecule has 2 amide bonds. The predicted octanol–water partition coefficient (Wildman–Crippen LogP) is 5.53. The first-order chi connectivity index (χ1) is 18.7. The van der Waals surface area contributed by atoms with Gasteiger partial charge in [-0.2, -0.15) is 13.2 Å². The van der Waals surface area contributed by atoms with E-state index in [0.717, 1.165) is 22.2 Å². The van der Waals surface area contributed by atoms with Crippen LogP contribution in [0.1, 0.15) is 30.5 Å². The molecule has 0 saturated carbocycles. The molecule has 40 heavy (non-hydrogen) atoms. The Balaban J connectivity index is 2.09. The van der Waals surface area contributed by atoms with Crippen LogP contribution in [0.25, 0.3) is 0 Å². The fourth-order valence-corrected chi connectivity index (χ4v) is 5.56. The average Bonchev–Trinajstić information content (AvgIpc) is 2.90. The van der Waals surface area contributed by atoms with Gasteiger partial charge in [-0.05, 0) is 68.8 Å². The fourth-order valence-electron chi connectivity index (χ4n) is 3.89. The maximum atomic E-state index is 13.8. The Labute approximate surface area is 240 Å². The Hall–Kier alpha value is -3.38. The van der Waals surface area contributed by atoms with Gasteiger partial charge in [0.2, 0.25) is 11.8 Å². The third-order valence-corrected chi connectivity index (χ3v) is 8.45. The molecule has 1 unspecified atom stereocenters. The first-order valence-electron chi connectivity index (χ1n) is 12.3. The molecule has 0 aromatic heterocycles. The van der Waals surface area contributed by atoms with Crippen LogP contribution in [-0.2, 0) is 32.3 Å². The van der Waals surface area contributed by atoms with Crippen molar-refractivity contribution in [1.82, 2.24) is 10.2 Å². The van der Waals surface area contributed by atoms with Crippen molar-refractivity contribution in [2.24, 2.45) is 0 Å². The standard InChI is InChI=1S/C28H29BrF3N3O4S/c1-4-33-27(37)20(3)34(17-21-10-12-23(29)13-11-21)26(36)18-35(24-7-5-6-22(16-24)28(30,31)32)40(38,39)25-14-8-19(2)9-15-25/h5-16,20H,4,17-18H2,1-3H3,(H,33,37). The Morgan fingerprint density at radius 2 is 1.62 bits per heavy atom. The SMILES string of the molecule is CCNC(=O)C(C)N(Cc1ccc(Br)cc1)C(=O)CN(c1cccc(C(F)(F)F)c1)S(=O)(=O)c1ccc(C)cc1. The van der Waals surface area contributed by atoms with E-state index in [1.807, 2.05) is 0 Å². The van der Waals surface area contributed by atoms with Crippen molar-refractivity contribution in [2.75, 3.05) is 17.4 Å². The van der Waals surface area contributed by atoms with Crippen molar-refractivity contribution >= 4 is 43.5 Å². The number of carbonyl (C=O) groups excluding carboxylic acids is 2. The number of aryl methyl sites for hydroxylation is 1. The molecular formula is C28H29BrF3N3O4S. The van der Waals surface area contributed by atoms with E-state index in [4.69, 9.17) is 0 Å². The number of nitrogens with zero attached hydrogens (tertiary/aromatic N) is 2. The molecule has 0 spiro atoms. The number of sulfonamides is 1. The zero-order chi connectivity index (χ0) is 29.7. The summed E-state index contributed by atoms with van der Waals surface area (Å²) in [5.74, 6) is -1.23. The summed E-state index contributed by atoms with van der Waals surface area (Å²) in [6, 6.07) is 15.5. The number of hydrogen-bond acceptors (Lipinski definition) is 4. The molecule has 0 saturated heterocycles. The normalized spacial score (nSPS) is 12.5. The number of anilines is 1. The summed E-state index contributed by atoms with van der Waals surface area (Å²) in [6.07, 6.45) is -4.74. The van der Waals surface area contributed by atoms with Gasteiger partial charge in [-0.25, -0.2) is 8.42 Å². The number of amides is 2. The minimum Gasteiger partial charge on any atom is -0.355 e. The highest BCUT2D eigenvalue weighted by Gasteiger charge is 2.35. The summed E-state index contributed by atoms with van der Waals surface area (Å²) in [7, 11) is -4.48. The second-order valence-electron chi connectivity index (χ2n) is 9.09. The van der Waals surface area contributed by atoms with Crippen molar-refractivity contribution in [1.29, 1.82) is 0 Å². The number of likely N-dealkylation sites (N-methyl/N-ethyl adjacent to an activating group) is 1. The quantitative estimate of drug-likeness (QED) is 0.316. The van der Waals surface area contributed by atoms with Gasteiger partial charge in [0, 0.05) is 17.6 Å². The van der Waals surface area contributed by atoms with E-state index in [1.165, 1.54) is 30.0 Å². The Bertz CT molecular complexity index is 1450. The highest BCUT2D eigenvalue weighted by atomic mass is 79.9. The molecule has 1 atom stereocenters. The zero-order valence-corrected chi connectivity index (χ0v) is 24.5. The van der Waals surface area contributed by atoms with E-state index >= 15 is 0 Å². The lowest BCUT2D eigenvalue weighted by atomic mass is 10.1. The first kappa shape index (κ1) is 31.2. The lowest BCUT2D eigenvalue weighted by Crippen LogP contribution is -2.51. The van der Waals surface area contributed by atoms with E-state index in [9.17, 15) is 31.2 Å². The minimum absolute atomic E-state index is 0.0363. The number of alkyl halides is 3. The number of carbonyl (C=O) groups is 2. The fraction of sp³-hybridized carbons (Fsp3) is 0.286. The number of nitrogens with one attached hydrogen (secondary N) is 1. The Morgan fingerprint density at radius 3 is 2.20 bits per heavy atom. The van der Waals surface area contributed by atoms with E-state index < -0.39 is 46.2 Å². The molecular weight excluding hydrogens is 611 g/mol. The highest BCUT2D eigenvalue weighted by Crippen LogP contribution is 2.33. The van der Waals surface area contributed by atoms with Gasteiger partial charge in [-0.15, -0.1) is 0 Å². The topological polar surface area (TPSA) is 86.8 Å². The highest BCUT2D eigenvalue weighted by molar-refractivity contribution is 9.10. The molecule has 0 aliphatic heterocycles. The largest absolute Gasteiger partial charge is 0.416 e. The van der Waals surface area contributed by atoms with Crippen LogP contribution >= 0.6 is 15.9 Å². The Morgan fingerprint density at radius 1 is 1.00 bits per heavy atom. The molecule has 12 heteroatoms. The van der Waals surface area contributed by atoms with E-state index in [0.29, 0.717) is 22.5 Å². The van der Waals surface area contributed by atoms with E-state index in [2.05, 4.69) is 21.2 Å². The van der Waals surface area contributed by atoms with Crippen LogP contribution in [0.5, 0.6) is 0 Å². The van der Waals surface area contributed by atoms with Crippen LogP contribution in [0.2, 0.25) is 0 Å². The van der Waals surface area contributed by atoms with Gasteiger partial charge in [0.15, 0.2) is 0 Å². The molecule has 0 bridgehead atoms. The lowest BCUT2D eigenvalue weighted by Gasteiger charge is -2.32. The summed E-state index contributed by atoms with van der Waals surface area (Å²) < 4.78 is 69.6. The van der Waals surface area contributed by atoms with E-state index in [1.54, 1.807) is 50.2 Å². The maximum absolute atomic E-state index is 13.8. The summed E-state index contributed by atoms with van der Waals surface area (Å²) in [6.45, 7) is 4.41. The van der Waals surface area contributed by atoms with Crippen molar-refractivity contribution < 1.29 is 31.2 Å². The molecule has 214 valence electrons. The summed E-state index contributed by atoms with van der Waals surface area (Å²) in [5.41, 5.74) is 0.0405. The van der Waals surface area contributed by atoms with Crippen molar-refractivity contribution in [3.63, 3.8) is 0 Å². The van der Waals surface area contributed by atoms with Crippen LogP contribution in [0, 0.1) is 6.92 Å². The third-order valence-electron chi connectivity index (χ3n) is 6.13. The molecule has 0 radical (unpaired) electrons. The van der Waals surface area contributed by atoms with E-state index in [-0.39, 0.29) is 17.1 Å². The molecule has 7 nitrogen and oxygen atoms in total. The molecule has 0 fully saturated rings. The second-order valence-corrected chi connectivity index (χ2v) is 11.9. The van der Waals surface area contributed by atoms with Gasteiger partial charge < -0.3 is 10.2 Å². The van der Waals surface area contributed by atoms with Crippen LogP contribution < -0.4 is 9.62 Å². The molecule has 3 rings (SSSR count). The monoisotopic (exact) mass is 639 g/mol. The van der Waals surface area contributed by atoms with Crippen LogP contribution in [0.3, 0.4) is 0 Å². The van der Waals surface area contributed by atoms with Gasteiger partial charge >= 0.3 is 6.18 Å². The zero-order valence-electron chi connectivity index (χ0n) is 22.1. The molecule has 0 heterocycles. The minimum atomic E-state index is -4.74. The molecule has 1 N–H and O–H groups in total. The lowest BCUT2D eigenvalue weighted by molar-refractivity contribution is -0.139. The number of hydrogen-bond donors (Lipinski definition) is 1. The van der Waals surface area contributed by atoms with Gasteiger partial charge in [-0.3, -0.25) is 13.9 Å². The predicted molar refractivity (Wildman–Crippen MR) is 150 cm³/mol. The van der Waals surface area contributed by atoms with Crippen molar-refractivity contribution in [3.8, 4) is 0 Å². The van der Waals surface area contributed by atoms with Crippen molar-refractivity contribution in [2.45, 2.75) is 44.4 Å². The molecule has 0 aliphatic rings. The number of benzene rings is 3. The third kappa shape index (κ3) is 7.63. The Kier molecular flexibility index (Phi) is 10.0. The van der Waals surface area contributed by atoms with Crippen molar-refractivity contribution in [3.05, 3.63) is 94.0 Å². The average molecular weight is 641 g/mol. The smallest absolute Gasteiger partial charge is 0.355 e. The van der Waals surface area contributed by atoms with Crippen LogP contribution in [-0.4, -0.2) is 44.3 Å².